The van der Waals surface area contributed by atoms with Crippen LogP contribution in [0.15, 0.2) is 48.5 Å². The second-order valence-corrected chi connectivity index (χ2v) is 10.7. The summed E-state index contributed by atoms with van der Waals surface area (Å²) >= 11 is 0. The smallest absolute Gasteiger partial charge is 0.232 e. The van der Waals surface area contributed by atoms with Gasteiger partial charge in [0, 0.05) is 18.8 Å². The fraction of sp³-hybridized carbons (Fsp3) is 0.500. The highest BCUT2D eigenvalue weighted by Gasteiger charge is 2.38. The van der Waals surface area contributed by atoms with E-state index in [-0.39, 0.29) is 11.2 Å². The molecule has 1 heterocycles. The van der Waals surface area contributed by atoms with E-state index in [9.17, 15) is 8.42 Å². The Labute approximate surface area is 176 Å². The highest BCUT2D eigenvalue weighted by Crippen LogP contribution is 2.40. The van der Waals surface area contributed by atoms with Gasteiger partial charge in [0.05, 0.1) is 5.75 Å². The molecule has 0 radical (unpaired) electrons. The summed E-state index contributed by atoms with van der Waals surface area (Å²) in [6.07, 6.45) is 2.16. The number of piperidine rings is 1. The Morgan fingerprint density at radius 1 is 1.17 bits per heavy atom. The first kappa shape index (κ1) is 21.8. The minimum Gasteiger partial charge on any atom is -0.303 e. The zero-order valence-electron chi connectivity index (χ0n) is 18.1. The first-order valence-corrected chi connectivity index (χ1v) is 12.3. The van der Waals surface area contributed by atoms with E-state index >= 15 is 0 Å². The lowest BCUT2D eigenvalue weighted by Crippen LogP contribution is -2.47. The van der Waals surface area contributed by atoms with Crippen molar-refractivity contribution in [1.29, 1.82) is 0 Å². The number of benzene rings is 2. The molecule has 5 heteroatoms. The third-order valence-corrected chi connectivity index (χ3v) is 7.85. The van der Waals surface area contributed by atoms with E-state index in [1.54, 1.807) is 6.92 Å². The van der Waals surface area contributed by atoms with Crippen LogP contribution < -0.4 is 4.72 Å². The van der Waals surface area contributed by atoms with Crippen LogP contribution in [0, 0.1) is 12.8 Å². The standard InChI is InChI=1S/C24H34N2O2S/c1-5-29(27,28)25-23-11-7-10-22(17-23)24(4)13-15-26(18-20(24)3)14-12-21-9-6-8-19(2)16-21/h6-11,16-17,20,25H,5,12-15,18H2,1-4H3/t20-,24-/m0/s1. The van der Waals surface area contributed by atoms with E-state index in [2.05, 4.69) is 60.7 Å². The van der Waals surface area contributed by atoms with Crippen LogP contribution in [0.25, 0.3) is 0 Å². The first-order valence-electron chi connectivity index (χ1n) is 10.6. The molecule has 1 aliphatic heterocycles. The average molecular weight is 415 g/mol. The topological polar surface area (TPSA) is 49.4 Å². The van der Waals surface area contributed by atoms with Gasteiger partial charge in [-0.15, -0.1) is 0 Å². The van der Waals surface area contributed by atoms with Gasteiger partial charge in [-0.2, -0.15) is 0 Å². The third-order valence-electron chi connectivity index (χ3n) is 6.54. The van der Waals surface area contributed by atoms with Gasteiger partial charge in [-0.05, 0) is 67.8 Å². The fourth-order valence-corrected chi connectivity index (χ4v) is 4.92. The molecule has 4 nitrogen and oxygen atoms in total. The van der Waals surface area contributed by atoms with Crippen molar-refractivity contribution in [1.82, 2.24) is 4.90 Å². The quantitative estimate of drug-likeness (QED) is 0.720. The van der Waals surface area contributed by atoms with Crippen LogP contribution in [0.1, 0.15) is 43.9 Å². The molecule has 1 saturated heterocycles. The molecular weight excluding hydrogens is 380 g/mol. The lowest BCUT2D eigenvalue weighted by molar-refractivity contribution is 0.112. The third kappa shape index (κ3) is 5.40. The van der Waals surface area contributed by atoms with Gasteiger partial charge in [0.15, 0.2) is 0 Å². The average Bonchev–Trinajstić information content (AvgIpc) is 2.69. The first-order chi connectivity index (χ1) is 13.7. The molecule has 1 fully saturated rings. The molecule has 0 spiro atoms. The van der Waals surface area contributed by atoms with Crippen molar-refractivity contribution in [3.63, 3.8) is 0 Å². The maximum atomic E-state index is 11.9. The highest BCUT2D eigenvalue weighted by molar-refractivity contribution is 7.92. The Kier molecular flexibility index (Phi) is 6.69. The zero-order valence-corrected chi connectivity index (χ0v) is 18.9. The Morgan fingerprint density at radius 2 is 1.93 bits per heavy atom. The molecule has 1 aliphatic rings. The summed E-state index contributed by atoms with van der Waals surface area (Å²) in [5.41, 5.74) is 4.66. The van der Waals surface area contributed by atoms with Gasteiger partial charge >= 0.3 is 0 Å². The number of nitrogens with one attached hydrogen (secondary N) is 1. The predicted octanol–water partition coefficient (Wildman–Crippen LogP) is 4.60. The molecule has 0 amide bonds. The van der Waals surface area contributed by atoms with Crippen molar-refractivity contribution in [3.05, 3.63) is 65.2 Å². The predicted molar refractivity (Wildman–Crippen MR) is 122 cm³/mol. The Balaban J connectivity index is 1.66. The second kappa shape index (κ2) is 8.88. The number of hydrogen-bond donors (Lipinski definition) is 1. The maximum absolute atomic E-state index is 11.9. The Bertz CT molecular complexity index is 941. The SMILES string of the molecule is CCS(=O)(=O)Nc1cccc([C@@]2(C)CCN(CCc3cccc(C)c3)C[C@@H]2C)c1. The van der Waals surface area contributed by atoms with Gasteiger partial charge in [0.25, 0.3) is 0 Å². The van der Waals surface area contributed by atoms with Gasteiger partial charge in [0.2, 0.25) is 10.0 Å². The normalized spacial score (nSPS) is 23.1. The highest BCUT2D eigenvalue weighted by atomic mass is 32.2. The van der Waals surface area contributed by atoms with Crippen molar-refractivity contribution in [2.75, 3.05) is 30.1 Å². The molecule has 0 aromatic heterocycles. The summed E-state index contributed by atoms with van der Waals surface area (Å²) in [5, 5.41) is 0. The molecule has 0 saturated carbocycles. The van der Waals surface area contributed by atoms with Crippen molar-refractivity contribution in [2.45, 2.75) is 46.0 Å². The second-order valence-electron chi connectivity index (χ2n) is 8.69. The van der Waals surface area contributed by atoms with Crippen molar-refractivity contribution in [2.24, 2.45) is 5.92 Å². The van der Waals surface area contributed by atoms with E-state index in [0.717, 1.165) is 32.5 Å². The molecule has 0 unspecified atom stereocenters. The summed E-state index contributed by atoms with van der Waals surface area (Å²) in [5.74, 6) is 0.577. The Hall–Kier alpha value is -1.85. The monoisotopic (exact) mass is 414 g/mol. The van der Waals surface area contributed by atoms with Crippen LogP contribution in [0.2, 0.25) is 0 Å². The number of anilines is 1. The summed E-state index contributed by atoms with van der Waals surface area (Å²) in [4.78, 5) is 2.57. The lowest BCUT2D eigenvalue weighted by atomic mass is 9.68. The van der Waals surface area contributed by atoms with E-state index < -0.39 is 10.0 Å². The van der Waals surface area contributed by atoms with Gasteiger partial charge in [-0.3, -0.25) is 4.72 Å². The largest absolute Gasteiger partial charge is 0.303 e. The number of likely N-dealkylation sites (tertiary alicyclic amines) is 1. The minimum absolute atomic E-state index is 0.0491. The summed E-state index contributed by atoms with van der Waals surface area (Å²) < 4.78 is 26.6. The van der Waals surface area contributed by atoms with Crippen LogP contribution >= 0.6 is 0 Å². The lowest BCUT2D eigenvalue weighted by Gasteiger charge is -2.45. The number of hydrogen-bond acceptors (Lipinski definition) is 3. The molecule has 0 bridgehead atoms. The zero-order chi connectivity index (χ0) is 21.1. The van der Waals surface area contributed by atoms with Crippen molar-refractivity contribution in [3.8, 4) is 0 Å². The molecule has 1 N–H and O–H groups in total. The molecule has 29 heavy (non-hydrogen) atoms. The van der Waals surface area contributed by atoms with E-state index in [0.29, 0.717) is 11.6 Å². The van der Waals surface area contributed by atoms with Crippen LogP contribution in [-0.2, 0) is 21.9 Å². The maximum Gasteiger partial charge on any atom is 0.232 e. The Morgan fingerprint density at radius 3 is 2.62 bits per heavy atom. The van der Waals surface area contributed by atoms with E-state index in [1.165, 1.54) is 16.7 Å². The van der Waals surface area contributed by atoms with E-state index in [4.69, 9.17) is 0 Å². The van der Waals surface area contributed by atoms with Crippen molar-refractivity contribution < 1.29 is 8.42 Å². The van der Waals surface area contributed by atoms with Gasteiger partial charge in [-0.1, -0.05) is 55.8 Å². The van der Waals surface area contributed by atoms with Gasteiger partial charge < -0.3 is 4.90 Å². The van der Waals surface area contributed by atoms with Crippen LogP contribution in [0.3, 0.4) is 0 Å². The minimum atomic E-state index is -3.26. The molecule has 3 rings (SSSR count). The molecule has 0 aliphatic carbocycles. The number of rotatable bonds is 7. The summed E-state index contributed by atoms with van der Waals surface area (Å²) in [6, 6.07) is 16.7. The molecule has 2 aromatic carbocycles. The fourth-order valence-electron chi connectivity index (χ4n) is 4.29. The number of aryl methyl sites for hydroxylation is 1. The van der Waals surface area contributed by atoms with E-state index in [1.807, 2.05) is 18.2 Å². The van der Waals surface area contributed by atoms with Gasteiger partial charge in [-0.25, -0.2) is 8.42 Å². The van der Waals surface area contributed by atoms with Crippen LogP contribution in [-0.4, -0.2) is 38.7 Å². The van der Waals surface area contributed by atoms with Crippen LogP contribution in [0.5, 0.6) is 0 Å². The van der Waals surface area contributed by atoms with Crippen LogP contribution in [0.4, 0.5) is 5.69 Å². The molecule has 2 aromatic rings. The van der Waals surface area contributed by atoms with Crippen molar-refractivity contribution >= 4 is 15.7 Å². The van der Waals surface area contributed by atoms with Gasteiger partial charge in [0.1, 0.15) is 0 Å². The number of sulfonamides is 1. The molecule has 2 atom stereocenters. The molecule has 158 valence electrons. The summed E-state index contributed by atoms with van der Waals surface area (Å²) in [6.45, 7) is 11.7. The molecular formula is C24H34N2O2S. The number of nitrogens with zero attached hydrogens (tertiary/aromatic N) is 1. The summed E-state index contributed by atoms with van der Waals surface area (Å²) in [7, 11) is -3.26.